The van der Waals surface area contributed by atoms with Gasteiger partial charge in [-0.05, 0) is 75.2 Å². The smallest absolute Gasteiger partial charge is 0.355 e. The molecule has 1 aliphatic rings. The number of aromatic nitrogens is 1. The molecule has 1 aliphatic heterocycles. The number of carbonyl (C=O) groups excluding carboxylic acids is 2. The Bertz CT molecular complexity index is 1170. The summed E-state index contributed by atoms with van der Waals surface area (Å²) in [5, 5.41) is 10.7. The van der Waals surface area contributed by atoms with Gasteiger partial charge in [0.2, 0.25) is 5.91 Å². The lowest BCUT2D eigenvalue weighted by Gasteiger charge is -2.36. The van der Waals surface area contributed by atoms with E-state index < -0.39 is 5.97 Å². The van der Waals surface area contributed by atoms with E-state index in [0.29, 0.717) is 30.1 Å². The highest BCUT2D eigenvalue weighted by Crippen LogP contribution is 2.32. The van der Waals surface area contributed by atoms with Gasteiger partial charge in [0, 0.05) is 36.1 Å². The number of aromatic hydroxyl groups is 1. The molecule has 4 rings (SSSR count). The fourth-order valence-electron chi connectivity index (χ4n) is 4.79. The number of nitrogens with zero attached hydrogens (tertiary/aromatic N) is 2. The van der Waals surface area contributed by atoms with Gasteiger partial charge >= 0.3 is 5.97 Å². The summed E-state index contributed by atoms with van der Waals surface area (Å²) in [5.41, 5.74) is 3.93. The number of carbonyl (C=O) groups is 2. The normalized spacial score (nSPS) is 15.6. The Morgan fingerprint density at radius 3 is 2.76 bits per heavy atom. The van der Waals surface area contributed by atoms with Crippen molar-refractivity contribution in [2.24, 2.45) is 5.92 Å². The lowest BCUT2D eigenvalue weighted by Crippen LogP contribution is -2.43. The van der Waals surface area contributed by atoms with Crippen LogP contribution in [-0.4, -0.2) is 60.7 Å². The molecule has 2 heterocycles. The van der Waals surface area contributed by atoms with Gasteiger partial charge in [0.25, 0.3) is 0 Å². The van der Waals surface area contributed by atoms with Crippen LogP contribution >= 0.6 is 0 Å². The minimum absolute atomic E-state index is 0.0234. The standard InChI is InChI=1S/C26H31N3O4/c1-4-33-26(32)25-20(21-14-19(30)9-11-22(21)27-25)10-12-24(31)29-16-17(15-28(2)3)13-18-7-5-6-8-23(18)29/h5-9,11,14,17,27,30H,4,10,12-13,15-16H2,1-3H3. The van der Waals surface area contributed by atoms with Crippen molar-refractivity contribution in [3.05, 3.63) is 59.3 Å². The number of rotatable bonds is 7. The molecule has 0 aliphatic carbocycles. The second-order valence-corrected chi connectivity index (χ2v) is 8.89. The molecule has 0 spiro atoms. The molecule has 3 aromatic rings. The molecule has 0 saturated heterocycles. The molecule has 7 heteroatoms. The van der Waals surface area contributed by atoms with Crippen LogP contribution in [0.25, 0.3) is 10.9 Å². The summed E-state index contributed by atoms with van der Waals surface area (Å²) in [7, 11) is 4.10. The molecule has 1 unspecified atom stereocenters. The van der Waals surface area contributed by atoms with E-state index in [9.17, 15) is 14.7 Å². The summed E-state index contributed by atoms with van der Waals surface area (Å²) in [6, 6.07) is 13.0. The van der Waals surface area contributed by atoms with E-state index in [-0.39, 0.29) is 24.7 Å². The van der Waals surface area contributed by atoms with Crippen LogP contribution in [0, 0.1) is 5.92 Å². The first kappa shape index (κ1) is 22.9. The van der Waals surface area contributed by atoms with E-state index in [4.69, 9.17) is 4.74 Å². The number of benzene rings is 2. The van der Waals surface area contributed by atoms with Crippen LogP contribution in [0.4, 0.5) is 5.69 Å². The molecule has 33 heavy (non-hydrogen) atoms. The van der Waals surface area contributed by atoms with Gasteiger partial charge in [-0.3, -0.25) is 4.79 Å². The summed E-state index contributed by atoms with van der Waals surface area (Å²) in [6.45, 7) is 3.60. The van der Waals surface area contributed by atoms with Crippen molar-refractivity contribution >= 4 is 28.5 Å². The number of hydrogen-bond acceptors (Lipinski definition) is 5. The van der Waals surface area contributed by atoms with Gasteiger partial charge in [0.05, 0.1) is 6.61 Å². The molecule has 0 radical (unpaired) electrons. The van der Waals surface area contributed by atoms with Gasteiger partial charge in [-0.2, -0.15) is 0 Å². The minimum atomic E-state index is -0.454. The average Bonchev–Trinajstić information content (AvgIpc) is 3.14. The van der Waals surface area contributed by atoms with Crippen LogP contribution in [0.3, 0.4) is 0 Å². The van der Waals surface area contributed by atoms with Gasteiger partial charge < -0.3 is 24.6 Å². The van der Waals surface area contributed by atoms with Crippen LogP contribution in [-0.2, 0) is 22.4 Å². The van der Waals surface area contributed by atoms with Gasteiger partial charge in [-0.15, -0.1) is 0 Å². The second kappa shape index (κ2) is 9.67. The number of H-pyrrole nitrogens is 1. The number of fused-ring (bicyclic) bond motifs is 2. The average molecular weight is 450 g/mol. The lowest BCUT2D eigenvalue weighted by molar-refractivity contribution is -0.118. The Hall–Kier alpha value is -3.32. The Labute approximate surface area is 194 Å². The number of phenols is 1. The Balaban J connectivity index is 1.60. The van der Waals surface area contributed by atoms with Gasteiger partial charge in [-0.1, -0.05) is 18.2 Å². The fraction of sp³-hybridized carbons (Fsp3) is 0.385. The van der Waals surface area contributed by atoms with Crippen molar-refractivity contribution < 1.29 is 19.4 Å². The number of aromatic amines is 1. The number of hydrogen-bond donors (Lipinski definition) is 2. The molecule has 0 fully saturated rings. The quantitative estimate of drug-likeness (QED) is 0.537. The molecule has 2 aromatic carbocycles. The highest BCUT2D eigenvalue weighted by atomic mass is 16.5. The van der Waals surface area contributed by atoms with Gasteiger partial charge in [0.15, 0.2) is 0 Å². The molecule has 7 nitrogen and oxygen atoms in total. The molecule has 1 aromatic heterocycles. The first-order chi connectivity index (χ1) is 15.9. The first-order valence-corrected chi connectivity index (χ1v) is 11.4. The van der Waals surface area contributed by atoms with E-state index in [2.05, 4.69) is 30.0 Å². The van der Waals surface area contributed by atoms with Crippen LogP contribution in [0.2, 0.25) is 0 Å². The van der Waals surface area contributed by atoms with E-state index in [0.717, 1.165) is 29.6 Å². The number of phenolic OH excluding ortho intramolecular Hbond substituents is 1. The van der Waals surface area contributed by atoms with Crippen LogP contribution in [0.5, 0.6) is 5.75 Å². The zero-order valence-electron chi connectivity index (χ0n) is 19.4. The highest BCUT2D eigenvalue weighted by Gasteiger charge is 2.29. The zero-order chi connectivity index (χ0) is 23.5. The van der Waals surface area contributed by atoms with Crippen LogP contribution < -0.4 is 4.90 Å². The Morgan fingerprint density at radius 2 is 2.00 bits per heavy atom. The summed E-state index contributed by atoms with van der Waals surface area (Å²) in [5.74, 6) is 0.0418. The number of anilines is 1. The third-order valence-corrected chi connectivity index (χ3v) is 6.11. The predicted octanol–water partition coefficient (Wildman–Crippen LogP) is 3.75. The molecule has 2 N–H and O–H groups in total. The number of ether oxygens (including phenoxy) is 1. The molecule has 0 bridgehead atoms. The molecule has 0 saturated carbocycles. The lowest BCUT2D eigenvalue weighted by atomic mass is 9.91. The van der Waals surface area contributed by atoms with Crippen LogP contribution in [0.15, 0.2) is 42.5 Å². The predicted molar refractivity (Wildman–Crippen MR) is 129 cm³/mol. The third kappa shape index (κ3) is 4.88. The van der Waals surface area contributed by atoms with Gasteiger partial charge in [0.1, 0.15) is 11.4 Å². The van der Waals surface area contributed by atoms with Crippen molar-refractivity contribution in [1.82, 2.24) is 9.88 Å². The molecular formula is C26H31N3O4. The molecule has 1 atom stereocenters. The van der Waals surface area contributed by atoms with Crippen molar-refractivity contribution in [2.75, 3.05) is 38.7 Å². The molecule has 1 amide bonds. The maximum atomic E-state index is 13.4. The molecular weight excluding hydrogens is 418 g/mol. The number of para-hydroxylation sites is 1. The number of aryl methyl sites for hydroxylation is 1. The summed E-state index contributed by atoms with van der Waals surface area (Å²) >= 11 is 0. The number of esters is 1. The monoisotopic (exact) mass is 449 g/mol. The SMILES string of the molecule is CCOC(=O)c1[nH]c2ccc(O)cc2c1CCC(=O)N1CC(CN(C)C)Cc2ccccc21. The Kier molecular flexibility index (Phi) is 6.70. The van der Waals surface area contributed by atoms with E-state index in [1.807, 2.05) is 23.1 Å². The van der Waals surface area contributed by atoms with E-state index in [1.54, 1.807) is 25.1 Å². The van der Waals surface area contributed by atoms with Crippen molar-refractivity contribution in [3.8, 4) is 5.75 Å². The largest absolute Gasteiger partial charge is 0.508 e. The molecule has 174 valence electrons. The maximum Gasteiger partial charge on any atom is 0.355 e. The second-order valence-electron chi connectivity index (χ2n) is 8.89. The van der Waals surface area contributed by atoms with E-state index in [1.165, 1.54) is 5.56 Å². The first-order valence-electron chi connectivity index (χ1n) is 11.4. The number of amides is 1. The zero-order valence-corrected chi connectivity index (χ0v) is 19.4. The fourth-order valence-corrected chi connectivity index (χ4v) is 4.79. The third-order valence-electron chi connectivity index (χ3n) is 6.11. The topological polar surface area (TPSA) is 85.9 Å². The maximum absolute atomic E-state index is 13.4. The summed E-state index contributed by atoms with van der Waals surface area (Å²) < 4.78 is 5.22. The van der Waals surface area contributed by atoms with Crippen molar-refractivity contribution in [1.29, 1.82) is 0 Å². The summed E-state index contributed by atoms with van der Waals surface area (Å²) in [6.07, 6.45) is 1.57. The highest BCUT2D eigenvalue weighted by molar-refractivity contribution is 6.00. The minimum Gasteiger partial charge on any atom is -0.508 e. The summed E-state index contributed by atoms with van der Waals surface area (Å²) in [4.78, 5) is 33.2. The Morgan fingerprint density at radius 1 is 1.21 bits per heavy atom. The van der Waals surface area contributed by atoms with Gasteiger partial charge in [-0.25, -0.2) is 4.79 Å². The van der Waals surface area contributed by atoms with Crippen LogP contribution in [0.1, 0.15) is 35.0 Å². The van der Waals surface area contributed by atoms with Crippen molar-refractivity contribution in [3.63, 3.8) is 0 Å². The number of nitrogens with one attached hydrogen (secondary N) is 1. The van der Waals surface area contributed by atoms with E-state index >= 15 is 0 Å². The van der Waals surface area contributed by atoms with Crippen molar-refractivity contribution in [2.45, 2.75) is 26.2 Å².